The van der Waals surface area contributed by atoms with Crippen LogP contribution >= 0.6 is 0 Å². The lowest BCUT2D eigenvalue weighted by atomic mass is 9.81. The normalized spacial score (nSPS) is 23.8. The third-order valence-corrected chi connectivity index (χ3v) is 4.90. The first kappa shape index (κ1) is 16.4. The van der Waals surface area contributed by atoms with Crippen LogP contribution in [0.2, 0.25) is 0 Å². The van der Waals surface area contributed by atoms with Crippen molar-refractivity contribution < 1.29 is 4.74 Å². The van der Waals surface area contributed by atoms with Crippen molar-refractivity contribution in [3.05, 3.63) is 29.3 Å². The molecule has 0 saturated heterocycles. The van der Waals surface area contributed by atoms with Gasteiger partial charge in [-0.2, -0.15) is 0 Å². The molecule has 1 aliphatic carbocycles. The number of rotatable bonds is 6. The third-order valence-electron chi connectivity index (χ3n) is 4.90. The van der Waals surface area contributed by atoms with E-state index in [1.54, 1.807) is 7.11 Å². The van der Waals surface area contributed by atoms with Crippen LogP contribution < -0.4 is 10.1 Å². The van der Waals surface area contributed by atoms with Gasteiger partial charge in [0.15, 0.2) is 0 Å². The maximum absolute atomic E-state index is 5.52. The maximum atomic E-state index is 5.52. The topological polar surface area (TPSA) is 21.3 Å². The molecule has 2 nitrogen and oxygen atoms in total. The van der Waals surface area contributed by atoms with Crippen molar-refractivity contribution in [3.8, 4) is 5.75 Å². The Kier molecular flexibility index (Phi) is 6.10. The molecule has 2 rings (SSSR count). The molecule has 0 bridgehead atoms. The van der Waals surface area contributed by atoms with E-state index in [1.165, 1.54) is 43.2 Å². The third kappa shape index (κ3) is 4.74. The van der Waals surface area contributed by atoms with Crippen LogP contribution in [0, 0.1) is 18.8 Å². The molecule has 3 unspecified atom stereocenters. The molecule has 0 radical (unpaired) electrons. The van der Waals surface area contributed by atoms with Gasteiger partial charge in [-0.25, -0.2) is 0 Å². The highest BCUT2D eigenvalue weighted by Crippen LogP contribution is 2.31. The number of methoxy groups -OCH3 is 1. The summed E-state index contributed by atoms with van der Waals surface area (Å²) < 4.78 is 5.52. The Morgan fingerprint density at radius 3 is 2.86 bits per heavy atom. The Hall–Kier alpha value is -1.02. The lowest BCUT2D eigenvalue weighted by Crippen LogP contribution is -2.24. The maximum Gasteiger partial charge on any atom is 0.123 e. The van der Waals surface area contributed by atoms with Crippen molar-refractivity contribution in [3.63, 3.8) is 0 Å². The van der Waals surface area contributed by atoms with Gasteiger partial charge in [-0.15, -0.1) is 0 Å². The van der Waals surface area contributed by atoms with Gasteiger partial charge in [-0.1, -0.05) is 38.3 Å². The number of aryl methyl sites for hydroxylation is 1. The van der Waals surface area contributed by atoms with Crippen molar-refractivity contribution in [1.82, 2.24) is 5.32 Å². The molecule has 1 aliphatic rings. The van der Waals surface area contributed by atoms with E-state index in [4.69, 9.17) is 4.74 Å². The van der Waals surface area contributed by atoms with Gasteiger partial charge in [0.05, 0.1) is 7.11 Å². The average Bonchev–Trinajstić information content (AvgIpc) is 2.47. The summed E-state index contributed by atoms with van der Waals surface area (Å²) in [5.41, 5.74) is 2.51. The summed E-state index contributed by atoms with van der Waals surface area (Å²) in [6, 6.07) is 6.82. The van der Waals surface area contributed by atoms with E-state index in [1.807, 2.05) is 0 Å². The van der Waals surface area contributed by atoms with Gasteiger partial charge >= 0.3 is 0 Å². The summed E-state index contributed by atoms with van der Waals surface area (Å²) in [5, 5.41) is 3.68. The summed E-state index contributed by atoms with van der Waals surface area (Å²) in [5.74, 6) is 2.85. The lowest BCUT2D eigenvalue weighted by molar-refractivity contribution is 0.265. The van der Waals surface area contributed by atoms with Crippen LogP contribution in [0.25, 0.3) is 0 Å². The zero-order valence-electron chi connectivity index (χ0n) is 14.1. The predicted octanol–water partition coefficient (Wildman–Crippen LogP) is 4.87. The Morgan fingerprint density at radius 1 is 1.33 bits per heavy atom. The van der Waals surface area contributed by atoms with Crippen LogP contribution in [-0.4, -0.2) is 13.7 Å². The lowest BCUT2D eigenvalue weighted by Gasteiger charge is -2.27. The minimum Gasteiger partial charge on any atom is -0.496 e. The molecule has 1 aromatic carbocycles. The standard InChI is InChI=1S/C19H31NO/c1-14-6-5-7-17(12-14)10-11-20-16(3)18-9-8-15(2)13-19(18)21-4/h8-9,13-14,16-17,20H,5-7,10-12H2,1-4H3. The Morgan fingerprint density at radius 2 is 2.14 bits per heavy atom. The summed E-state index contributed by atoms with van der Waals surface area (Å²) in [4.78, 5) is 0. The largest absolute Gasteiger partial charge is 0.496 e. The highest BCUT2D eigenvalue weighted by atomic mass is 16.5. The van der Waals surface area contributed by atoms with E-state index in [0.717, 1.165) is 24.1 Å². The monoisotopic (exact) mass is 289 g/mol. The first-order valence-electron chi connectivity index (χ1n) is 8.48. The molecular formula is C19H31NO. The summed E-state index contributed by atoms with van der Waals surface area (Å²) in [7, 11) is 1.76. The van der Waals surface area contributed by atoms with E-state index in [2.05, 4.69) is 44.3 Å². The summed E-state index contributed by atoms with van der Waals surface area (Å²) >= 11 is 0. The van der Waals surface area contributed by atoms with E-state index < -0.39 is 0 Å². The Balaban J connectivity index is 1.83. The molecule has 0 aliphatic heterocycles. The number of hydrogen-bond donors (Lipinski definition) is 1. The second kappa shape index (κ2) is 7.84. The quantitative estimate of drug-likeness (QED) is 0.806. The van der Waals surface area contributed by atoms with Crippen molar-refractivity contribution in [2.75, 3.05) is 13.7 Å². The predicted molar refractivity (Wildman–Crippen MR) is 89.9 cm³/mol. The first-order chi connectivity index (χ1) is 10.1. The molecule has 0 aromatic heterocycles. The molecule has 0 amide bonds. The van der Waals surface area contributed by atoms with Gasteiger partial charge < -0.3 is 10.1 Å². The Labute approximate surface area is 130 Å². The van der Waals surface area contributed by atoms with E-state index >= 15 is 0 Å². The van der Waals surface area contributed by atoms with Crippen molar-refractivity contribution in [1.29, 1.82) is 0 Å². The minimum absolute atomic E-state index is 0.349. The van der Waals surface area contributed by atoms with Crippen molar-refractivity contribution in [2.24, 2.45) is 11.8 Å². The number of nitrogens with one attached hydrogen (secondary N) is 1. The van der Waals surface area contributed by atoms with Gasteiger partial charge in [0.2, 0.25) is 0 Å². The van der Waals surface area contributed by atoms with E-state index in [0.29, 0.717) is 6.04 Å². The van der Waals surface area contributed by atoms with Crippen molar-refractivity contribution in [2.45, 2.75) is 58.9 Å². The van der Waals surface area contributed by atoms with Crippen LogP contribution in [0.1, 0.15) is 63.1 Å². The fraction of sp³-hybridized carbons (Fsp3) is 0.684. The number of hydrogen-bond acceptors (Lipinski definition) is 2. The van der Waals surface area contributed by atoms with Crippen LogP contribution in [0.15, 0.2) is 18.2 Å². The molecule has 1 N–H and O–H groups in total. The molecular weight excluding hydrogens is 258 g/mol. The zero-order valence-corrected chi connectivity index (χ0v) is 14.1. The fourth-order valence-electron chi connectivity index (χ4n) is 3.61. The Bertz CT molecular complexity index is 443. The average molecular weight is 289 g/mol. The SMILES string of the molecule is COc1cc(C)ccc1C(C)NCCC1CCCC(C)C1. The fourth-order valence-corrected chi connectivity index (χ4v) is 3.61. The summed E-state index contributed by atoms with van der Waals surface area (Å²) in [6.45, 7) is 7.85. The molecule has 1 aromatic rings. The van der Waals surface area contributed by atoms with Crippen LogP contribution in [0.3, 0.4) is 0 Å². The molecule has 118 valence electrons. The van der Waals surface area contributed by atoms with Gasteiger partial charge in [0.25, 0.3) is 0 Å². The second-order valence-corrected chi connectivity index (χ2v) is 6.85. The molecule has 2 heteroatoms. The molecule has 0 heterocycles. The van der Waals surface area contributed by atoms with Crippen LogP contribution in [0.4, 0.5) is 0 Å². The smallest absolute Gasteiger partial charge is 0.123 e. The van der Waals surface area contributed by atoms with E-state index in [-0.39, 0.29) is 0 Å². The number of ether oxygens (including phenoxy) is 1. The molecule has 1 fully saturated rings. The van der Waals surface area contributed by atoms with Gasteiger partial charge in [-0.3, -0.25) is 0 Å². The zero-order chi connectivity index (χ0) is 15.2. The van der Waals surface area contributed by atoms with Crippen LogP contribution in [-0.2, 0) is 0 Å². The van der Waals surface area contributed by atoms with E-state index in [9.17, 15) is 0 Å². The highest BCUT2D eigenvalue weighted by molar-refractivity contribution is 5.38. The van der Waals surface area contributed by atoms with Gasteiger partial charge in [0.1, 0.15) is 5.75 Å². The van der Waals surface area contributed by atoms with Gasteiger partial charge in [-0.05, 0) is 56.7 Å². The molecule has 0 spiro atoms. The minimum atomic E-state index is 0.349. The first-order valence-corrected chi connectivity index (χ1v) is 8.48. The molecule has 1 saturated carbocycles. The highest BCUT2D eigenvalue weighted by Gasteiger charge is 2.19. The molecule has 21 heavy (non-hydrogen) atoms. The van der Waals surface area contributed by atoms with Crippen LogP contribution in [0.5, 0.6) is 5.75 Å². The summed E-state index contributed by atoms with van der Waals surface area (Å²) in [6.07, 6.45) is 7.01. The second-order valence-electron chi connectivity index (χ2n) is 6.85. The number of benzene rings is 1. The van der Waals surface area contributed by atoms with Gasteiger partial charge in [0, 0.05) is 11.6 Å². The molecule has 3 atom stereocenters. The van der Waals surface area contributed by atoms with Crippen molar-refractivity contribution >= 4 is 0 Å².